The molecule has 1 aromatic carbocycles. The minimum absolute atomic E-state index is 0.147. The largest absolute Gasteiger partial charge is 0.465 e. The third-order valence-corrected chi connectivity index (χ3v) is 1.99. The van der Waals surface area contributed by atoms with Crippen LogP contribution in [0.4, 0.5) is 5.69 Å². The van der Waals surface area contributed by atoms with E-state index >= 15 is 0 Å². The van der Waals surface area contributed by atoms with Gasteiger partial charge in [-0.25, -0.2) is 4.79 Å². The van der Waals surface area contributed by atoms with Crippen LogP contribution < -0.4 is 5.73 Å². The van der Waals surface area contributed by atoms with E-state index in [1.165, 1.54) is 19.2 Å². The first kappa shape index (κ1) is 10.2. The van der Waals surface area contributed by atoms with Crippen LogP contribution in [0.15, 0.2) is 12.1 Å². The number of methoxy groups -OCH3 is 1. The standard InChI is InChI=1S/C8H7Cl2NO2/c1-13-8(12)7-5(10)2-4(9)3-6(7)11/h2-3H,11H2,1H3. The summed E-state index contributed by atoms with van der Waals surface area (Å²) in [4.78, 5) is 11.1. The number of benzene rings is 1. The van der Waals surface area contributed by atoms with Crippen molar-refractivity contribution in [3.63, 3.8) is 0 Å². The van der Waals surface area contributed by atoms with Crippen molar-refractivity contribution in [3.8, 4) is 0 Å². The lowest BCUT2D eigenvalue weighted by Crippen LogP contribution is -2.06. The summed E-state index contributed by atoms with van der Waals surface area (Å²) < 4.78 is 4.49. The summed E-state index contributed by atoms with van der Waals surface area (Å²) in [7, 11) is 1.26. The molecule has 2 N–H and O–H groups in total. The molecule has 0 fully saturated rings. The minimum atomic E-state index is -0.570. The Kier molecular flexibility index (Phi) is 3.01. The second-order valence-electron chi connectivity index (χ2n) is 2.34. The Morgan fingerprint density at radius 1 is 1.46 bits per heavy atom. The normalized spacial score (nSPS) is 9.77. The number of carbonyl (C=O) groups excluding carboxylic acids is 1. The Morgan fingerprint density at radius 3 is 2.54 bits per heavy atom. The molecule has 0 bridgehead atoms. The average molecular weight is 220 g/mol. The number of halogens is 2. The van der Waals surface area contributed by atoms with Crippen molar-refractivity contribution < 1.29 is 9.53 Å². The van der Waals surface area contributed by atoms with Gasteiger partial charge in [0.05, 0.1) is 12.1 Å². The van der Waals surface area contributed by atoms with E-state index in [1.807, 2.05) is 0 Å². The Balaban J connectivity index is 3.28. The summed E-state index contributed by atoms with van der Waals surface area (Å²) in [6, 6.07) is 2.88. The lowest BCUT2D eigenvalue weighted by Gasteiger charge is -2.05. The van der Waals surface area contributed by atoms with Crippen LogP contribution in [-0.4, -0.2) is 13.1 Å². The van der Waals surface area contributed by atoms with Crippen LogP contribution in [0.5, 0.6) is 0 Å². The van der Waals surface area contributed by atoms with E-state index in [0.29, 0.717) is 5.02 Å². The molecule has 0 aromatic heterocycles. The van der Waals surface area contributed by atoms with Crippen molar-refractivity contribution in [1.82, 2.24) is 0 Å². The molecule has 0 aliphatic heterocycles. The van der Waals surface area contributed by atoms with E-state index in [9.17, 15) is 4.79 Å². The molecule has 0 amide bonds. The molecule has 0 atom stereocenters. The van der Waals surface area contributed by atoms with Gasteiger partial charge in [-0.1, -0.05) is 23.2 Å². The molecular weight excluding hydrogens is 213 g/mol. The van der Waals surface area contributed by atoms with Crippen molar-refractivity contribution in [3.05, 3.63) is 27.7 Å². The van der Waals surface area contributed by atoms with Crippen LogP contribution in [0.1, 0.15) is 10.4 Å². The number of hydrogen-bond acceptors (Lipinski definition) is 3. The maximum Gasteiger partial charge on any atom is 0.341 e. The molecule has 0 radical (unpaired) electrons. The zero-order valence-electron chi connectivity index (χ0n) is 6.80. The number of ether oxygens (including phenoxy) is 1. The molecule has 3 nitrogen and oxygen atoms in total. The van der Waals surface area contributed by atoms with Crippen LogP contribution in [0.3, 0.4) is 0 Å². The van der Waals surface area contributed by atoms with Gasteiger partial charge < -0.3 is 10.5 Å². The van der Waals surface area contributed by atoms with Crippen molar-refractivity contribution in [2.75, 3.05) is 12.8 Å². The van der Waals surface area contributed by atoms with Crippen LogP contribution in [0.25, 0.3) is 0 Å². The highest BCUT2D eigenvalue weighted by Crippen LogP contribution is 2.27. The molecular formula is C8H7Cl2NO2. The van der Waals surface area contributed by atoms with Gasteiger partial charge in [0, 0.05) is 10.7 Å². The molecule has 0 heterocycles. The van der Waals surface area contributed by atoms with Gasteiger partial charge in [0.25, 0.3) is 0 Å². The first-order valence-electron chi connectivity index (χ1n) is 3.39. The predicted octanol–water partition coefficient (Wildman–Crippen LogP) is 2.36. The summed E-state index contributed by atoms with van der Waals surface area (Å²) in [6.45, 7) is 0. The monoisotopic (exact) mass is 219 g/mol. The SMILES string of the molecule is COC(=O)c1c(N)cc(Cl)cc1Cl. The first-order valence-corrected chi connectivity index (χ1v) is 4.14. The number of nitrogen functional groups attached to an aromatic ring is 1. The Bertz CT molecular complexity index is 329. The maximum absolute atomic E-state index is 11.1. The second-order valence-corrected chi connectivity index (χ2v) is 3.19. The van der Waals surface area contributed by atoms with Gasteiger partial charge in [0.1, 0.15) is 5.56 Å². The fourth-order valence-corrected chi connectivity index (χ4v) is 1.50. The molecule has 5 heteroatoms. The highest BCUT2D eigenvalue weighted by molar-refractivity contribution is 6.37. The van der Waals surface area contributed by atoms with E-state index in [-0.39, 0.29) is 16.3 Å². The smallest absolute Gasteiger partial charge is 0.341 e. The van der Waals surface area contributed by atoms with Gasteiger partial charge in [-0.15, -0.1) is 0 Å². The van der Waals surface area contributed by atoms with Crippen molar-refractivity contribution >= 4 is 34.9 Å². The predicted molar refractivity (Wildman–Crippen MR) is 52.2 cm³/mol. The minimum Gasteiger partial charge on any atom is -0.465 e. The maximum atomic E-state index is 11.1. The first-order chi connectivity index (χ1) is 6.06. The van der Waals surface area contributed by atoms with E-state index in [1.54, 1.807) is 0 Å². The van der Waals surface area contributed by atoms with Crippen molar-refractivity contribution in [2.24, 2.45) is 0 Å². The summed E-state index contributed by atoms with van der Waals surface area (Å²) in [6.07, 6.45) is 0. The molecule has 13 heavy (non-hydrogen) atoms. The zero-order chi connectivity index (χ0) is 10.0. The topological polar surface area (TPSA) is 52.3 Å². The van der Waals surface area contributed by atoms with Gasteiger partial charge >= 0.3 is 5.97 Å². The molecule has 0 spiro atoms. The van der Waals surface area contributed by atoms with Gasteiger partial charge in [-0.05, 0) is 12.1 Å². The molecule has 0 aliphatic carbocycles. The number of rotatable bonds is 1. The number of carbonyl (C=O) groups is 1. The molecule has 1 rings (SSSR count). The molecule has 0 aliphatic rings. The van der Waals surface area contributed by atoms with Gasteiger partial charge in [-0.3, -0.25) is 0 Å². The quantitative estimate of drug-likeness (QED) is 0.583. The highest BCUT2D eigenvalue weighted by atomic mass is 35.5. The fraction of sp³-hybridized carbons (Fsp3) is 0.125. The molecule has 0 saturated carbocycles. The number of anilines is 1. The van der Waals surface area contributed by atoms with E-state index in [0.717, 1.165) is 0 Å². The lowest BCUT2D eigenvalue weighted by atomic mass is 10.2. The zero-order valence-corrected chi connectivity index (χ0v) is 8.32. The third-order valence-electron chi connectivity index (χ3n) is 1.48. The van der Waals surface area contributed by atoms with Gasteiger partial charge in [0.2, 0.25) is 0 Å². The van der Waals surface area contributed by atoms with Crippen molar-refractivity contribution in [1.29, 1.82) is 0 Å². The molecule has 70 valence electrons. The highest BCUT2D eigenvalue weighted by Gasteiger charge is 2.15. The number of nitrogens with two attached hydrogens (primary N) is 1. The lowest BCUT2D eigenvalue weighted by molar-refractivity contribution is 0.0602. The second kappa shape index (κ2) is 3.85. The average Bonchev–Trinajstić information content (AvgIpc) is 2.02. The van der Waals surface area contributed by atoms with Crippen LogP contribution >= 0.6 is 23.2 Å². The molecule has 0 saturated heterocycles. The summed E-state index contributed by atoms with van der Waals surface area (Å²) in [5.74, 6) is -0.570. The Hall–Kier alpha value is -0.930. The van der Waals surface area contributed by atoms with Gasteiger partial charge in [0.15, 0.2) is 0 Å². The Morgan fingerprint density at radius 2 is 2.08 bits per heavy atom. The van der Waals surface area contributed by atoms with Crippen LogP contribution in [0.2, 0.25) is 10.0 Å². The summed E-state index contributed by atoms with van der Waals surface area (Å²) in [5, 5.41) is 0.576. The van der Waals surface area contributed by atoms with Crippen molar-refractivity contribution in [2.45, 2.75) is 0 Å². The molecule has 0 unspecified atom stereocenters. The number of hydrogen-bond donors (Lipinski definition) is 1. The third kappa shape index (κ3) is 2.05. The Labute approximate surface area is 85.4 Å². The summed E-state index contributed by atoms with van der Waals surface area (Å²) >= 11 is 11.4. The van der Waals surface area contributed by atoms with E-state index < -0.39 is 5.97 Å². The fourth-order valence-electron chi connectivity index (χ4n) is 0.911. The summed E-state index contributed by atoms with van der Waals surface area (Å²) in [5.41, 5.74) is 5.89. The van der Waals surface area contributed by atoms with Crippen LogP contribution in [0, 0.1) is 0 Å². The van der Waals surface area contributed by atoms with E-state index in [2.05, 4.69) is 4.74 Å². The molecule has 1 aromatic rings. The van der Waals surface area contributed by atoms with Crippen LogP contribution in [-0.2, 0) is 4.74 Å². The van der Waals surface area contributed by atoms with E-state index in [4.69, 9.17) is 28.9 Å². The van der Waals surface area contributed by atoms with Gasteiger partial charge in [-0.2, -0.15) is 0 Å². The number of esters is 1.